The predicted octanol–water partition coefficient (Wildman–Crippen LogP) is 23.6. The zero-order valence-corrected chi connectivity index (χ0v) is 52.8. The van der Waals surface area contributed by atoms with Crippen LogP contribution in [-0.2, 0) is 28.6 Å². The van der Waals surface area contributed by atoms with Crippen LogP contribution in [0.2, 0.25) is 0 Å². The van der Waals surface area contributed by atoms with Gasteiger partial charge in [-0.05, 0) is 96.3 Å². The van der Waals surface area contributed by atoms with E-state index in [4.69, 9.17) is 14.2 Å². The first-order valence-electron chi connectivity index (χ1n) is 34.2. The first-order chi connectivity index (χ1) is 39.5. The number of carbonyl (C=O) groups is 3. The van der Waals surface area contributed by atoms with E-state index in [0.29, 0.717) is 19.3 Å². The van der Waals surface area contributed by atoms with Crippen LogP contribution in [0.15, 0.2) is 97.2 Å². The first-order valence-corrected chi connectivity index (χ1v) is 34.2. The second-order valence-corrected chi connectivity index (χ2v) is 22.7. The van der Waals surface area contributed by atoms with E-state index in [1.165, 1.54) is 161 Å². The summed E-state index contributed by atoms with van der Waals surface area (Å²) < 4.78 is 17.0. The van der Waals surface area contributed by atoms with Crippen LogP contribution in [0.1, 0.15) is 335 Å². The van der Waals surface area contributed by atoms with Crippen molar-refractivity contribution in [3.05, 3.63) is 97.2 Å². The Kier molecular flexibility index (Phi) is 64.7. The Bertz CT molecular complexity index is 1560. The van der Waals surface area contributed by atoms with E-state index in [1.54, 1.807) is 0 Å². The molecular weight excluding hydrogens is 985 g/mol. The summed E-state index contributed by atoms with van der Waals surface area (Å²) in [5.74, 6) is -0.890. The minimum absolute atomic E-state index is 0.0841. The zero-order chi connectivity index (χ0) is 57.8. The van der Waals surface area contributed by atoms with Crippen LogP contribution in [0.3, 0.4) is 0 Å². The van der Waals surface area contributed by atoms with Gasteiger partial charge in [0.05, 0.1) is 0 Å². The van der Waals surface area contributed by atoms with Crippen molar-refractivity contribution in [1.29, 1.82) is 0 Å². The lowest BCUT2D eigenvalue weighted by Gasteiger charge is -2.18. The van der Waals surface area contributed by atoms with Gasteiger partial charge in [-0.15, -0.1) is 0 Å². The lowest BCUT2D eigenvalue weighted by atomic mass is 10.0. The highest BCUT2D eigenvalue weighted by Gasteiger charge is 2.19. The molecule has 6 heteroatoms. The molecule has 0 saturated carbocycles. The van der Waals surface area contributed by atoms with Crippen molar-refractivity contribution in [2.75, 3.05) is 13.2 Å². The summed E-state index contributed by atoms with van der Waals surface area (Å²) in [5.41, 5.74) is 0. The number of allylic oxidation sites excluding steroid dienone is 16. The molecule has 0 aliphatic rings. The predicted molar refractivity (Wildman–Crippen MR) is 348 cm³/mol. The molecule has 0 amide bonds. The molecule has 0 aliphatic carbocycles. The molecule has 0 heterocycles. The van der Waals surface area contributed by atoms with E-state index >= 15 is 0 Å². The average molecular weight is 1110 g/mol. The third-order valence-corrected chi connectivity index (χ3v) is 14.8. The number of hydrogen-bond acceptors (Lipinski definition) is 6. The molecule has 0 rings (SSSR count). The van der Waals surface area contributed by atoms with Gasteiger partial charge in [0.1, 0.15) is 13.2 Å². The third-order valence-electron chi connectivity index (χ3n) is 14.8. The monoisotopic (exact) mass is 1110 g/mol. The molecule has 460 valence electrons. The van der Waals surface area contributed by atoms with E-state index in [9.17, 15) is 14.4 Å². The topological polar surface area (TPSA) is 78.9 Å². The Labute approximate surface area is 496 Å². The van der Waals surface area contributed by atoms with Crippen molar-refractivity contribution in [2.45, 2.75) is 341 Å². The minimum atomic E-state index is -0.787. The molecule has 0 radical (unpaired) electrons. The van der Waals surface area contributed by atoms with Crippen LogP contribution < -0.4 is 0 Å². The molecule has 1 unspecified atom stereocenters. The van der Waals surface area contributed by atoms with E-state index < -0.39 is 6.10 Å². The summed E-state index contributed by atoms with van der Waals surface area (Å²) in [5, 5.41) is 0. The van der Waals surface area contributed by atoms with Crippen molar-refractivity contribution in [2.24, 2.45) is 0 Å². The molecule has 1 atom stereocenters. The van der Waals surface area contributed by atoms with E-state index in [-0.39, 0.29) is 31.1 Å². The highest BCUT2D eigenvalue weighted by Crippen LogP contribution is 2.17. The molecule has 80 heavy (non-hydrogen) atoms. The average Bonchev–Trinajstić information content (AvgIpc) is 3.46. The van der Waals surface area contributed by atoms with Crippen LogP contribution in [0.25, 0.3) is 0 Å². The minimum Gasteiger partial charge on any atom is -0.462 e. The highest BCUT2D eigenvalue weighted by atomic mass is 16.6. The molecular formula is C74H128O6. The summed E-state index contributed by atoms with van der Waals surface area (Å²) >= 11 is 0. The Morgan fingerprint density at radius 3 is 0.812 bits per heavy atom. The van der Waals surface area contributed by atoms with E-state index in [0.717, 1.165) is 135 Å². The number of carbonyl (C=O) groups excluding carboxylic acids is 3. The lowest BCUT2D eigenvalue weighted by molar-refractivity contribution is -0.167. The van der Waals surface area contributed by atoms with Gasteiger partial charge in [-0.2, -0.15) is 0 Å². The van der Waals surface area contributed by atoms with Gasteiger partial charge in [0.25, 0.3) is 0 Å². The van der Waals surface area contributed by atoms with Crippen LogP contribution in [-0.4, -0.2) is 37.2 Å². The number of ether oxygens (including phenoxy) is 3. The first kappa shape index (κ1) is 76.3. The second-order valence-electron chi connectivity index (χ2n) is 22.7. The third kappa shape index (κ3) is 65.1. The Hall–Kier alpha value is -3.67. The summed E-state index contributed by atoms with van der Waals surface area (Å²) in [7, 11) is 0. The van der Waals surface area contributed by atoms with Gasteiger partial charge in [0, 0.05) is 19.3 Å². The fourth-order valence-electron chi connectivity index (χ4n) is 9.72. The molecule has 0 aromatic rings. The standard InChI is InChI=1S/C74H128O6/c1-4-7-10-13-16-19-22-25-27-29-31-33-35-36-37-38-39-41-42-44-46-49-52-55-58-61-64-67-73(76)79-70-71(69-78-72(75)66-63-60-57-54-51-48-24-21-18-15-12-9-6-3)80-74(77)68-65-62-59-56-53-50-47-45-43-40-34-32-30-28-26-23-20-17-14-11-8-5-2/h7,10,12,15-16,19,21,24-25,27,31,33,36-37,39,41,71H,4-6,8-9,11,13-14,17-18,20,22-23,26,28-30,32,34-35,38,40,42-70H2,1-3H3/b10-7-,15-12-,19-16-,24-21-,27-25-,33-31-,37-36-,41-39-. The summed E-state index contributed by atoms with van der Waals surface area (Å²) in [6, 6.07) is 0. The SMILES string of the molecule is CC/C=C\C/C=C\C/C=C\C/C=C\C/C=C\C/C=C\CCCCCCCCCCC(=O)OCC(COC(=O)CCCCCCC/C=C\C/C=C\CCC)OC(=O)CCCCCCCCCCCCCCCCCCCCCCCC. The number of esters is 3. The van der Waals surface area contributed by atoms with Crippen LogP contribution in [0, 0.1) is 0 Å². The molecule has 6 nitrogen and oxygen atoms in total. The van der Waals surface area contributed by atoms with Gasteiger partial charge in [0.15, 0.2) is 6.10 Å². The van der Waals surface area contributed by atoms with Crippen molar-refractivity contribution in [3.8, 4) is 0 Å². The van der Waals surface area contributed by atoms with Crippen molar-refractivity contribution in [1.82, 2.24) is 0 Å². The van der Waals surface area contributed by atoms with Crippen LogP contribution in [0.5, 0.6) is 0 Å². The highest BCUT2D eigenvalue weighted by molar-refractivity contribution is 5.71. The fraction of sp³-hybridized carbons (Fsp3) is 0.743. The maximum Gasteiger partial charge on any atom is 0.306 e. The van der Waals surface area contributed by atoms with E-state index in [1.807, 2.05) is 0 Å². The normalized spacial score (nSPS) is 12.7. The van der Waals surface area contributed by atoms with Crippen LogP contribution in [0.4, 0.5) is 0 Å². The van der Waals surface area contributed by atoms with Gasteiger partial charge in [0.2, 0.25) is 0 Å². The van der Waals surface area contributed by atoms with Gasteiger partial charge >= 0.3 is 17.9 Å². The summed E-state index contributed by atoms with van der Waals surface area (Å²) in [6.45, 7) is 6.49. The Balaban J connectivity index is 4.31. The number of rotatable bonds is 62. The van der Waals surface area contributed by atoms with Gasteiger partial charge < -0.3 is 14.2 Å². The molecule has 0 bridgehead atoms. The fourth-order valence-corrected chi connectivity index (χ4v) is 9.72. The largest absolute Gasteiger partial charge is 0.462 e. The summed E-state index contributed by atoms with van der Waals surface area (Å²) in [6.07, 6.45) is 91.4. The smallest absolute Gasteiger partial charge is 0.306 e. The van der Waals surface area contributed by atoms with Crippen molar-refractivity contribution < 1.29 is 28.6 Å². The van der Waals surface area contributed by atoms with E-state index in [2.05, 4.69) is 118 Å². The Morgan fingerprint density at radius 1 is 0.263 bits per heavy atom. The van der Waals surface area contributed by atoms with Crippen LogP contribution >= 0.6 is 0 Å². The van der Waals surface area contributed by atoms with Gasteiger partial charge in [-0.25, -0.2) is 0 Å². The summed E-state index contributed by atoms with van der Waals surface area (Å²) in [4.78, 5) is 38.4. The number of unbranched alkanes of at least 4 members (excludes halogenated alkanes) is 35. The maximum atomic E-state index is 12.9. The quantitative estimate of drug-likeness (QED) is 0.0261. The van der Waals surface area contributed by atoms with Crippen molar-refractivity contribution >= 4 is 17.9 Å². The van der Waals surface area contributed by atoms with Crippen molar-refractivity contribution in [3.63, 3.8) is 0 Å². The molecule has 0 N–H and O–H groups in total. The second kappa shape index (κ2) is 67.8. The number of hydrogen-bond donors (Lipinski definition) is 0. The lowest BCUT2D eigenvalue weighted by Crippen LogP contribution is -2.30. The zero-order valence-electron chi connectivity index (χ0n) is 52.8. The van der Waals surface area contributed by atoms with Gasteiger partial charge in [-0.3, -0.25) is 14.4 Å². The molecule has 0 fully saturated rings. The molecule has 0 aromatic heterocycles. The Morgan fingerprint density at radius 2 is 0.512 bits per heavy atom. The molecule has 0 aromatic carbocycles. The maximum absolute atomic E-state index is 12.9. The molecule has 0 aliphatic heterocycles. The molecule has 0 spiro atoms. The molecule has 0 saturated heterocycles. The van der Waals surface area contributed by atoms with Gasteiger partial charge in [-0.1, -0.05) is 317 Å².